The van der Waals surface area contributed by atoms with Gasteiger partial charge in [-0.15, -0.1) is 0 Å². The Balaban J connectivity index is 2.16. The maximum Gasteiger partial charge on any atom is 0.225 e. The SMILES string of the molecule is CCC(=O)Nc1c2c(nn1-c1cccc(C)c1C)C[S@@](=O)C2. The third-order valence-electron chi connectivity index (χ3n) is 4.05. The van der Waals surface area contributed by atoms with Gasteiger partial charge in [0.25, 0.3) is 0 Å². The molecule has 3 rings (SSSR count). The number of aromatic nitrogens is 2. The van der Waals surface area contributed by atoms with Crippen molar-refractivity contribution in [3.63, 3.8) is 0 Å². The third-order valence-corrected chi connectivity index (χ3v) is 5.26. The molecule has 0 radical (unpaired) electrons. The van der Waals surface area contributed by atoms with E-state index >= 15 is 0 Å². The van der Waals surface area contributed by atoms with E-state index in [2.05, 4.69) is 23.4 Å². The lowest BCUT2D eigenvalue weighted by atomic mass is 10.1. The van der Waals surface area contributed by atoms with Crippen molar-refractivity contribution in [1.29, 1.82) is 0 Å². The average molecular weight is 317 g/mol. The van der Waals surface area contributed by atoms with Crippen molar-refractivity contribution < 1.29 is 9.00 Å². The summed E-state index contributed by atoms with van der Waals surface area (Å²) in [6.07, 6.45) is 0.399. The Kier molecular flexibility index (Phi) is 3.87. The number of hydrogen-bond donors (Lipinski definition) is 1. The van der Waals surface area contributed by atoms with Gasteiger partial charge in [-0.25, -0.2) is 4.68 Å². The van der Waals surface area contributed by atoms with Crippen LogP contribution in [0.5, 0.6) is 0 Å². The Morgan fingerprint density at radius 1 is 1.36 bits per heavy atom. The minimum absolute atomic E-state index is 0.0630. The van der Waals surface area contributed by atoms with Crippen LogP contribution in [0.2, 0.25) is 0 Å². The van der Waals surface area contributed by atoms with E-state index in [4.69, 9.17) is 0 Å². The molecular formula is C16H19N3O2S. The van der Waals surface area contributed by atoms with E-state index in [1.165, 1.54) is 5.56 Å². The number of benzene rings is 1. The fraction of sp³-hybridized carbons (Fsp3) is 0.375. The van der Waals surface area contributed by atoms with Crippen molar-refractivity contribution in [1.82, 2.24) is 9.78 Å². The molecule has 0 spiro atoms. The number of nitrogens with one attached hydrogen (secondary N) is 1. The summed E-state index contributed by atoms with van der Waals surface area (Å²) in [5.41, 5.74) is 4.97. The zero-order valence-corrected chi connectivity index (χ0v) is 13.8. The lowest BCUT2D eigenvalue weighted by molar-refractivity contribution is -0.115. The van der Waals surface area contributed by atoms with E-state index in [1.807, 2.05) is 26.0 Å². The first kappa shape index (κ1) is 15.0. The second-order valence-electron chi connectivity index (χ2n) is 5.53. The van der Waals surface area contributed by atoms with Gasteiger partial charge >= 0.3 is 0 Å². The predicted octanol–water partition coefficient (Wildman–Crippen LogP) is 2.60. The van der Waals surface area contributed by atoms with Crippen LogP contribution < -0.4 is 5.32 Å². The van der Waals surface area contributed by atoms with Crippen LogP contribution in [-0.2, 0) is 27.1 Å². The Morgan fingerprint density at radius 3 is 2.86 bits per heavy atom. The number of nitrogens with zero attached hydrogens (tertiary/aromatic N) is 2. The molecular weight excluding hydrogens is 298 g/mol. The van der Waals surface area contributed by atoms with Crippen LogP contribution in [0.4, 0.5) is 5.82 Å². The molecule has 1 aliphatic rings. The fourth-order valence-corrected chi connectivity index (χ4v) is 3.88. The molecule has 1 atom stereocenters. The van der Waals surface area contributed by atoms with Crippen molar-refractivity contribution in [3.05, 3.63) is 40.6 Å². The van der Waals surface area contributed by atoms with Crippen molar-refractivity contribution >= 4 is 22.5 Å². The van der Waals surface area contributed by atoms with E-state index in [1.54, 1.807) is 4.68 Å². The van der Waals surface area contributed by atoms with E-state index < -0.39 is 10.8 Å². The average Bonchev–Trinajstić information content (AvgIpc) is 2.99. The van der Waals surface area contributed by atoms with Gasteiger partial charge in [0.05, 0.1) is 22.9 Å². The molecule has 2 heterocycles. The van der Waals surface area contributed by atoms with E-state index in [-0.39, 0.29) is 5.91 Å². The Labute approximate surface area is 132 Å². The molecule has 1 aromatic carbocycles. The summed E-state index contributed by atoms with van der Waals surface area (Å²) in [7, 11) is -0.917. The number of amides is 1. The summed E-state index contributed by atoms with van der Waals surface area (Å²) in [4.78, 5) is 11.9. The molecule has 0 aliphatic carbocycles. The number of rotatable bonds is 3. The van der Waals surface area contributed by atoms with Crippen molar-refractivity contribution in [2.45, 2.75) is 38.7 Å². The maximum absolute atomic E-state index is 11.9. The van der Waals surface area contributed by atoms with Crippen molar-refractivity contribution in [2.24, 2.45) is 0 Å². The highest BCUT2D eigenvalue weighted by Crippen LogP contribution is 2.32. The largest absolute Gasteiger partial charge is 0.310 e. The first-order valence-corrected chi connectivity index (χ1v) is 8.82. The molecule has 116 valence electrons. The van der Waals surface area contributed by atoms with Crippen LogP contribution in [0.1, 0.15) is 35.7 Å². The number of anilines is 1. The number of aryl methyl sites for hydroxylation is 1. The number of carbonyl (C=O) groups is 1. The van der Waals surface area contributed by atoms with Crippen LogP contribution in [0.25, 0.3) is 5.69 Å². The summed E-state index contributed by atoms with van der Waals surface area (Å²) < 4.78 is 13.6. The van der Waals surface area contributed by atoms with Gasteiger partial charge in [-0.3, -0.25) is 9.00 Å². The van der Waals surface area contributed by atoms with E-state index in [9.17, 15) is 9.00 Å². The lowest BCUT2D eigenvalue weighted by Crippen LogP contribution is -2.15. The summed E-state index contributed by atoms with van der Waals surface area (Å²) in [6, 6.07) is 6.02. The van der Waals surface area contributed by atoms with Crippen LogP contribution in [0.3, 0.4) is 0 Å². The zero-order valence-electron chi connectivity index (χ0n) is 13.0. The molecule has 0 unspecified atom stereocenters. The molecule has 22 heavy (non-hydrogen) atoms. The van der Waals surface area contributed by atoms with Crippen LogP contribution in [0, 0.1) is 13.8 Å². The highest BCUT2D eigenvalue weighted by atomic mass is 32.2. The molecule has 2 aromatic rings. The fourth-order valence-electron chi connectivity index (χ4n) is 2.62. The van der Waals surface area contributed by atoms with Crippen molar-refractivity contribution in [3.8, 4) is 5.69 Å². The summed E-state index contributed by atoms with van der Waals surface area (Å²) in [5, 5.41) is 7.54. The van der Waals surface area contributed by atoms with E-state index in [0.717, 1.165) is 22.5 Å². The van der Waals surface area contributed by atoms with Gasteiger partial charge in [-0.1, -0.05) is 19.1 Å². The Hall–Kier alpha value is -1.95. The number of hydrogen-bond acceptors (Lipinski definition) is 3. The molecule has 6 heteroatoms. The monoisotopic (exact) mass is 317 g/mol. The Bertz CT molecular complexity index is 780. The Morgan fingerprint density at radius 2 is 2.14 bits per heavy atom. The predicted molar refractivity (Wildman–Crippen MR) is 87.5 cm³/mol. The first-order valence-electron chi connectivity index (χ1n) is 7.33. The topological polar surface area (TPSA) is 64.0 Å². The van der Waals surface area contributed by atoms with Gasteiger partial charge in [0, 0.05) is 22.8 Å². The number of fused-ring (bicyclic) bond motifs is 1. The zero-order chi connectivity index (χ0) is 15.9. The molecule has 1 amide bonds. The maximum atomic E-state index is 11.9. The van der Waals surface area contributed by atoms with Gasteiger partial charge < -0.3 is 5.32 Å². The lowest BCUT2D eigenvalue weighted by Gasteiger charge is -2.13. The minimum Gasteiger partial charge on any atom is -0.310 e. The second-order valence-corrected chi connectivity index (χ2v) is 6.99. The molecule has 0 saturated heterocycles. The molecule has 0 fully saturated rings. The molecule has 1 N–H and O–H groups in total. The quantitative estimate of drug-likeness (QED) is 0.946. The number of carbonyl (C=O) groups excluding carboxylic acids is 1. The summed E-state index contributed by atoms with van der Waals surface area (Å²) >= 11 is 0. The van der Waals surface area contributed by atoms with Gasteiger partial charge in [0.1, 0.15) is 5.82 Å². The summed E-state index contributed by atoms with van der Waals surface area (Å²) in [5.74, 6) is 1.52. The standard InChI is InChI=1S/C16H19N3O2S/c1-4-15(20)17-16-12-8-22(21)9-13(12)18-19(16)14-7-5-6-10(2)11(14)3/h5-7H,4,8-9H2,1-3H3,(H,17,20)/t22-/m0/s1. The highest BCUT2D eigenvalue weighted by Gasteiger charge is 2.28. The molecule has 1 aromatic heterocycles. The van der Waals surface area contributed by atoms with Crippen molar-refractivity contribution in [2.75, 3.05) is 5.32 Å². The third kappa shape index (κ3) is 2.47. The second kappa shape index (κ2) is 5.68. The van der Waals surface area contributed by atoms with Gasteiger partial charge in [0.2, 0.25) is 5.91 Å². The molecule has 0 saturated carbocycles. The smallest absolute Gasteiger partial charge is 0.225 e. The van der Waals surface area contributed by atoms with Crippen LogP contribution >= 0.6 is 0 Å². The molecule has 5 nitrogen and oxygen atoms in total. The molecule has 0 bridgehead atoms. The molecule has 1 aliphatic heterocycles. The first-order chi connectivity index (χ1) is 10.5. The minimum atomic E-state index is -0.917. The van der Waals surface area contributed by atoms with Crippen LogP contribution in [0.15, 0.2) is 18.2 Å². The van der Waals surface area contributed by atoms with E-state index in [0.29, 0.717) is 23.7 Å². The van der Waals surface area contributed by atoms with Crippen LogP contribution in [-0.4, -0.2) is 19.9 Å². The van der Waals surface area contributed by atoms with Gasteiger partial charge in [-0.2, -0.15) is 5.10 Å². The van der Waals surface area contributed by atoms with Gasteiger partial charge in [0.15, 0.2) is 0 Å². The van der Waals surface area contributed by atoms with Gasteiger partial charge in [-0.05, 0) is 31.0 Å². The summed E-state index contributed by atoms with van der Waals surface area (Å²) in [6.45, 7) is 5.91. The highest BCUT2D eigenvalue weighted by molar-refractivity contribution is 7.83. The normalized spacial score (nSPS) is 16.6.